The van der Waals surface area contributed by atoms with Crippen LogP contribution in [0.2, 0.25) is 0 Å². The number of rotatable bonds is 0. The number of aryl methyl sites for hydroxylation is 1. The van der Waals surface area contributed by atoms with E-state index >= 15 is 0 Å². The number of imidazole rings is 2. The maximum atomic E-state index is 5.01. The predicted octanol–water partition coefficient (Wildman–Crippen LogP) is 3.65. The van der Waals surface area contributed by atoms with Crippen LogP contribution >= 0.6 is 0 Å². The fourth-order valence-electron chi connectivity index (χ4n) is 5.19. The monoisotopic (exact) mass is 390 g/mol. The zero-order valence-corrected chi connectivity index (χ0v) is 17.0. The summed E-state index contributed by atoms with van der Waals surface area (Å²) in [6, 6.07) is 21.3. The maximum absolute atomic E-state index is 5.01. The van der Waals surface area contributed by atoms with Crippen molar-refractivity contribution in [1.29, 1.82) is 0 Å². The quantitative estimate of drug-likeness (QED) is 0.379. The molecule has 0 fully saturated rings. The summed E-state index contributed by atoms with van der Waals surface area (Å²) in [5.41, 5.74) is 9.21. The van der Waals surface area contributed by atoms with E-state index in [1.165, 1.54) is 22.4 Å². The highest BCUT2D eigenvalue weighted by molar-refractivity contribution is 6.77. The third kappa shape index (κ3) is 1.76. The van der Waals surface area contributed by atoms with Crippen molar-refractivity contribution in [2.24, 2.45) is 0 Å². The molecule has 0 radical (unpaired) electrons. The van der Waals surface area contributed by atoms with Crippen molar-refractivity contribution in [3.63, 3.8) is 0 Å². The summed E-state index contributed by atoms with van der Waals surface area (Å²) >= 11 is 0. The first-order valence-corrected chi connectivity index (χ1v) is 10.2. The van der Waals surface area contributed by atoms with Crippen molar-refractivity contribution in [2.75, 3.05) is 23.9 Å². The standard InChI is InChI=1S/C23H19BN6/c1-14-12-19-21-20(13-14)28(3)23-26-16-9-5-7-11-18(16)30(23)24(21)29-17-10-6-4-8-15(17)25-22(29)27(19)2/h4-13H,1-3H3. The molecule has 144 valence electrons. The molecule has 0 aliphatic carbocycles. The maximum Gasteiger partial charge on any atom is 0.429 e. The lowest BCUT2D eigenvalue weighted by Gasteiger charge is -2.40. The normalized spacial score (nSPS) is 14.3. The molecular weight excluding hydrogens is 371 g/mol. The van der Waals surface area contributed by atoms with Gasteiger partial charge < -0.3 is 18.8 Å². The minimum atomic E-state index is -0.0344. The minimum absolute atomic E-state index is 0.0344. The lowest BCUT2D eigenvalue weighted by atomic mass is 9.62. The molecule has 0 N–H and O–H groups in total. The molecule has 7 rings (SSSR count). The number of nitrogens with zero attached hydrogens (tertiary/aromatic N) is 6. The van der Waals surface area contributed by atoms with E-state index in [-0.39, 0.29) is 6.98 Å². The Morgan fingerprint density at radius 1 is 0.700 bits per heavy atom. The van der Waals surface area contributed by atoms with Gasteiger partial charge in [0.05, 0.1) is 22.1 Å². The van der Waals surface area contributed by atoms with Crippen molar-refractivity contribution >= 4 is 57.8 Å². The molecule has 0 unspecified atom stereocenters. The second-order valence-electron chi connectivity index (χ2n) is 8.25. The Labute approximate surface area is 174 Å². The fraction of sp³-hybridized carbons (Fsp3) is 0.130. The van der Waals surface area contributed by atoms with Crippen molar-refractivity contribution in [1.82, 2.24) is 18.9 Å². The first-order valence-electron chi connectivity index (χ1n) is 10.2. The average Bonchev–Trinajstić information content (AvgIpc) is 3.33. The topological polar surface area (TPSA) is 42.1 Å². The molecule has 2 aromatic heterocycles. The van der Waals surface area contributed by atoms with Gasteiger partial charge in [0.2, 0.25) is 0 Å². The van der Waals surface area contributed by atoms with Crippen LogP contribution in [-0.4, -0.2) is 40.0 Å². The third-order valence-electron chi connectivity index (χ3n) is 6.51. The van der Waals surface area contributed by atoms with E-state index in [1.54, 1.807) is 0 Å². The van der Waals surface area contributed by atoms with Gasteiger partial charge in [0.25, 0.3) is 0 Å². The number of benzene rings is 3. The molecule has 7 heteroatoms. The zero-order valence-electron chi connectivity index (χ0n) is 17.0. The Balaban J connectivity index is 1.69. The van der Waals surface area contributed by atoms with Gasteiger partial charge in [-0.25, -0.2) is 9.97 Å². The van der Waals surface area contributed by atoms with Gasteiger partial charge in [-0.1, -0.05) is 24.3 Å². The smallest absolute Gasteiger partial charge is 0.329 e. The van der Waals surface area contributed by atoms with E-state index in [0.717, 1.165) is 34.0 Å². The van der Waals surface area contributed by atoms with E-state index in [2.05, 4.69) is 100 Å². The van der Waals surface area contributed by atoms with Crippen LogP contribution in [0.5, 0.6) is 0 Å². The molecule has 0 saturated carbocycles. The number of para-hydroxylation sites is 4. The number of aromatic nitrogens is 4. The van der Waals surface area contributed by atoms with Gasteiger partial charge in [-0.3, -0.25) is 0 Å². The van der Waals surface area contributed by atoms with Crippen LogP contribution < -0.4 is 15.3 Å². The van der Waals surface area contributed by atoms with Gasteiger partial charge in [0.1, 0.15) is 0 Å². The van der Waals surface area contributed by atoms with Gasteiger partial charge in [-0.15, -0.1) is 0 Å². The highest BCUT2D eigenvalue weighted by Gasteiger charge is 2.45. The molecule has 3 aromatic carbocycles. The summed E-state index contributed by atoms with van der Waals surface area (Å²) in [5.74, 6) is 1.91. The Morgan fingerprint density at radius 2 is 1.17 bits per heavy atom. The number of anilines is 4. The lowest BCUT2D eigenvalue weighted by molar-refractivity contribution is 0.965. The lowest BCUT2D eigenvalue weighted by Crippen LogP contribution is -2.55. The summed E-state index contributed by atoms with van der Waals surface area (Å²) in [5, 5.41) is 0. The SMILES string of the molecule is Cc1cc2c3c(c1)N(C)c1nc4ccccc4n1B3n1c(nc3ccccc31)N2C. The second kappa shape index (κ2) is 5.24. The second-order valence-corrected chi connectivity index (χ2v) is 8.25. The van der Waals surface area contributed by atoms with Crippen LogP contribution in [0.3, 0.4) is 0 Å². The molecule has 0 spiro atoms. The van der Waals surface area contributed by atoms with Crippen LogP contribution in [0.25, 0.3) is 22.1 Å². The highest BCUT2D eigenvalue weighted by Crippen LogP contribution is 2.41. The Hall–Kier alpha value is -3.74. The van der Waals surface area contributed by atoms with Crippen molar-refractivity contribution in [2.45, 2.75) is 6.92 Å². The number of hydrogen-bond acceptors (Lipinski definition) is 4. The van der Waals surface area contributed by atoms with Gasteiger partial charge in [0, 0.05) is 30.9 Å². The molecule has 5 aromatic rings. The fourth-order valence-corrected chi connectivity index (χ4v) is 5.19. The first-order chi connectivity index (χ1) is 14.6. The molecule has 2 aliphatic rings. The summed E-state index contributed by atoms with van der Waals surface area (Å²) in [7, 11) is 4.23. The minimum Gasteiger partial charge on any atom is -0.329 e. The zero-order chi connectivity index (χ0) is 20.1. The van der Waals surface area contributed by atoms with Crippen molar-refractivity contribution < 1.29 is 0 Å². The molecule has 0 saturated heterocycles. The van der Waals surface area contributed by atoms with E-state index < -0.39 is 0 Å². The summed E-state index contributed by atoms with van der Waals surface area (Å²) < 4.78 is 4.72. The van der Waals surface area contributed by atoms with Crippen molar-refractivity contribution in [3.8, 4) is 0 Å². The van der Waals surface area contributed by atoms with Crippen LogP contribution in [-0.2, 0) is 0 Å². The molecule has 30 heavy (non-hydrogen) atoms. The highest BCUT2D eigenvalue weighted by atomic mass is 15.4. The molecule has 0 amide bonds. The van der Waals surface area contributed by atoms with E-state index in [0.29, 0.717) is 0 Å². The summed E-state index contributed by atoms with van der Waals surface area (Å²) in [6.45, 7) is 2.12. The van der Waals surface area contributed by atoms with Crippen LogP contribution in [0.15, 0.2) is 60.7 Å². The Bertz CT molecular complexity index is 1400. The third-order valence-corrected chi connectivity index (χ3v) is 6.51. The molecule has 4 heterocycles. The Kier molecular flexibility index (Phi) is 2.81. The molecule has 2 aliphatic heterocycles. The average molecular weight is 390 g/mol. The first kappa shape index (κ1) is 16.1. The van der Waals surface area contributed by atoms with Gasteiger partial charge in [0.15, 0.2) is 11.9 Å². The summed E-state index contributed by atoms with van der Waals surface area (Å²) in [4.78, 5) is 14.5. The van der Waals surface area contributed by atoms with Gasteiger partial charge in [-0.05, 0) is 48.9 Å². The van der Waals surface area contributed by atoms with Crippen molar-refractivity contribution in [3.05, 3.63) is 66.2 Å². The largest absolute Gasteiger partial charge is 0.429 e. The van der Waals surface area contributed by atoms with Gasteiger partial charge >= 0.3 is 6.98 Å². The molecular formula is C23H19BN6. The van der Waals surface area contributed by atoms with E-state index in [4.69, 9.17) is 9.97 Å². The molecule has 0 bridgehead atoms. The number of hydrogen-bond donors (Lipinski definition) is 0. The Morgan fingerprint density at radius 3 is 1.67 bits per heavy atom. The van der Waals surface area contributed by atoms with E-state index in [1.807, 2.05) is 0 Å². The number of fused-ring (bicyclic) bond motifs is 8. The molecule has 0 atom stereocenters. The van der Waals surface area contributed by atoms with Crippen LogP contribution in [0.4, 0.5) is 23.3 Å². The van der Waals surface area contributed by atoms with Crippen LogP contribution in [0, 0.1) is 6.92 Å². The van der Waals surface area contributed by atoms with E-state index in [9.17, 15) is 0 Å². The predicted molar refractivity (Wildman–Crippen MR) is 123 cm³/mol. The molecule has 6 nitrogen and oxygen atoms in total. The van der Waals surface area contributed by atoms with Gasteiger partial charge in [-0.2, -0.15) is 0 Å². The summed E-state index contributed by atoms with van der Waals surface area (Å²) in [6.07, 6.45) is 0. The van der Waals surface area contributed by atoms with Crippen LogP contribution in [0.1, 0.15) is 5.56 Å².